The maximum atomic E-state index is 12.2. The minimum Gasteiger partial charge on any atom is -0.391 e. The second-order valence-corrected chi connectivity index (χ2v) is 5.68. The zero-order valence-electron chi connectivity index (χ0n) is 11.2. The Hall–Kier alpha value is -1.06. The van der Waals surface area contributed by atoms with Crippen molar-refractivity contribution in [2.24, 2.45) is 0 Å². The molecule has 4 heteroatoms. The fraction of sp³-hybridized carbons (Fsp3) is 0.533. The summed E-state index contributed by atoms with van der Waals surface area (Å²) >= 11 is 6.09. The molecular weight excluding hydrogens is 262 g/mol. The van der Waals surface area contributed by atoms with E-state index in [1.54, 1.807) is 12.1 Å². The van der Waals surface area contributed by atoms with Crippen molar-refractivity contribution in [3.63, 3.8) is 0 Å². The van der Waals surface area contributed by atoms with Gasteiger partial charge in [0.05, 0.1) is 22.7 Å². The Morgan fingerprint density at radius 3 is 2.79 bits per heavy atom. The van der Waals surface area contributed by atoms with Gasteiger partial charge in [-0.15, -0.1) is 0 Å². The van der Waals surface area contributed by atoms with E-state index in [2.05, 4.69) is 5.32 Å². The van der Waals surface area contributed by atoms with Crippen LogP contribution < -0.4 is 5.32 Å². The van der Waals surface area contributed by atoms with Gasteiger partial charge in [-0.2, -0.15) is 0 Å². The van der Waals surface area contributed by atoms with Gasteiger partial charge in [0, 0.05) is 0 Å². The predicted molar refractivity (Wildman–Crippen MR) is 76.5 cm³/mol. The van der Waals surface area contributed by atoms with Crippen molar-refractivity contribution < 1.29 is 9.90 Å². The Kier molecular flexibility index (Phi) is 4.83. The fourth-order valence-electron chi connectivity index (χ4n) is 2.51. The van der Waals surface area contributed by atoms with Gasteiger partial charge in [-0.3, -0.25) is 4.79 Å². The largest absolute Gasteiger partial charge is 0.391 e. The number of halogens is 1. The second-order valence-electron chi connectivity index (χ2n) is 5.27. The lowest BCUT2D eigenvalue weighted by Gasteiger charge is -2.22. The highest BCUT2D eigenvalue weighted by atomic mass is 35.5. The molecule has 0 saturated heterocycles. The van der Waals surface area contributed by atoms with Crippen LogP contribution in [0.25, 0.3) is 0 Å². The first-order valence-corrected chi connectivity index (χ1v) is 7.21. The molecule has 2 atom stereocenters. The predicted octanol–water partition coefficient (Wildman–Crippen LogP) is 3.07. The molecule has 0 aromatic heterocycles. The third-order valence-electron chi connectivity index (χ3n) is 3.67. The monoisotopic (exact) mass is 281 g/mol. The van der Waals surface area contributed by atoms with Gasteiger partial charge in [-0.25, -0.2) is 0 Å². The first kappa shape index (κ1) is 14.4. The van der Waals surface area contributed by atoms with E-state index in [-0.39, 0.29) is 11.9 Å². The van der Waals surface area contributed by atoms with Gasteiger partial charge in [0.15, 0.2) is 0 Å². The number of carbonyl (C=O) groups is 1. The lowest BCUT2D eigenvalue weighted by Crippen LogP contribution is -2.42. The lowest BCUT2D eigenvalue weighted by molar-refractivity contribution is 0.0819. The molecule has 0 heterocycles. The van der Waals surface area contributed by atoms with Crippen molar-refractivity contribution in [1.82, 2.24) is 5.32 Å². The van der Waals surface area contributed by atoms with Crippen LogP contribution in [0.3, 0.4) is 0 Å². The van der Waals surface area contributed by atoms with Crippen LogP contribution in [0, 0.1) is 6.92 Å². The molecule has 1 aromatic rings. The van der Waals surface area contributed by atoms with E-state index in [9.17, 15) is 9.90 Å². The number of aliphatic hydroxyl groups is 1. The highest BCUT2D eigenvalue weighted by Crippen LogP contribution is 2.21. The van der Waals surface area contributed by atoms with Crippen LogP contribution >= 0.6 is 11.6 Å². The summed E-state index contributed by atoms with van der Waals surface area (Å²) in [5.41, 5.74) is 1.50. The van der Waals surface area contributed by atoms with E-state index < -0.39 is 6.10 Å². The summed E-state index contributed by atoms with van der Waals surface area (Å²) in [4.78, 5) is 12.2. The quantitative estimate of drug-likeness (QED) is 0.819. The highest BCUT2D eigenvalue weighted by Gasteiger charge is 2.24. The molecule has 0 aliphatic heterocycles. The van der Waals surface area contributed by atoms with E-state index in [4.69, 9.17) is 11.6 Å². The molecule has 1 fully saturated rings. The van der Waals surface area contributed by atoms with E-state index in [0.717, 1.165) is 37.7 Å². The van der Waals surface area contributed by atoms with Gasteiger partial charge < -0.3 is 10.4 Å². The molecule has 0 bridgehead atoms. The minimum atomic E-state index is -0.448. The van der Waals surface area contributed by atoms with E-state index in [1.165, 1.54) is 0 Å². The van der Waals surface area contributed by atoms with Gasteiger partial charge in [0.2, 0.25) is 0 Å². The Bertz CT molecular complexity index is 461. The molecule has 1 aliphatic rings. The summed E-state index contributed by atoms with van der Waals surface area (Å²) in [5.74, 6) is -0.198. The molecule has 1 saturated carbocycles. The van der Waals surface area contributed by atoms with Crippen LogP contribution in [0.1, 0.15) is 48.0 Å². The highest BCUT2D eigenvalue weighted by molar-refractivity contribution is 6.33. The third-order valence-corrected chi connectivity index (χ3v) is 3.98. The molecule has 2 unspecified atom stereocenters. The zero-order valence-corrected chi connectivity index (χ0v) is 11.9. The maximum Gasteiger partial charge on any atom is 0.253 e. The van der Waals surface area contributed by atoms with Crippen molar-refractivity contribution in [2.75, 3.05) is 0 Å². The van der Waals surface area contributed by atoms with Crippen molar-refractivity contribution >= 4 is 17.5 Å². The first-order chi connectivity index (χ1) is 9.08. The summed E-state index contributed by atoms with van der Waals surface area (Å²) < 4.78 is 0. The molecule has 1 aliphatic carbocycles. The lowest BCUT2D eigenvalue weighted by atomic mass is 10.1. The molecule has 104 valence electrons. The topological polar surface area (TPSA) is 49.3 Å². The Morgan fingerprint density at radius 2 is 2.05 bits per heavy atom. The maximum absolute atomic E-state index is 12.2. The van der Waals surface area contributed by atoms with Crippen LogP contribution in [-0.2, 0) is 0 Å². The molecular formula is C15H20ClNO2. The van der Waals surface area contributed by atoms with Gasteiger partial charge in [0.1, 0.15) is 0 Å². The summed E-state index contributed by atoms with van der Waals surface area (Å²) in [6.07, 6.45) is 4.33. The van der Waals surface area contributed by atoms with Crippen molar-refractivity contribution in [2.45, 2.75) is 51.2 Å². The second kappa shape index (κ2) is 6.40. The van der Waals surface area contributed by atoms with Crippen LogP contribution in [0.5, 0.6) is 0 Å². The Morgan fingerprint density at radius 1 is 1.32 bits per heavy atom. The van der Waals surface area contributed by atoms with Crippen molar-refractivity contribution in [3.05, 3.63) is 34.3 Å². The molecule has 1 amide bonds. The molecule has 19 heavy (non-hydrogen) atoms. The van der Waals surface area contributed by atoms with Crippen LogP contribution in [0.15, 0.2) is 18.2 Å². The summed E-state index contributed by atoms with van der Waals surface area (Å²) in [6, 6.07) is 5.22. The van der Waals surface area contributed by atoms with Crippen LogP contribution in [-0.4, -0.2) is 23.2 Å². The molecule has 0 spiro atoms. The standard InChI is InChI=1S/C15H20ClNO2/c1-10-7-8-11(12(16)9-10)15(19)17-13-5-3-2-4-6-14(13)18/h7-9,13-14,18H,2-6H2,1H3,(H,17,19). The number of aliphatic hydroxyl groups excluding tert-OH is 1. The number of amides is 1. The van der Waals surface area contributed by atoms with Gasteiger partial charge in [0.25, 0.3) is 5.91 Å². The van der Waals surface area contributed by atoms with E-state index in [1.807, 2.05) is 13.0 Å². The summed E-state index contributed by atoms with van der Waals surface area (Å²) in [7, 11) is 0. The van der Waals surface area contributed by atoms with E-state index >= 15 is 0 Å². The van der Waals surface area contributed by atoms with Crippen molar-refractivity contribution in [1.29, 1.82) is 0 Å². The number of carbonyl (C=O) groups excluding carboxylic acids is 1. The number of nitrogens with one attached hydrogen (secondary N) is 1. The summed E-state index contributed by atoms with van der Waals surface area (Å²) in [6.45, 7) is 1.93. The van der Waals surface area contributed by atoms with Crippen molar-refractivity contribution in [3.8, 4) is 0 Å². The van der Waals surface area contributed by atoms with Gasteiger partial charge in [-0.1, -0.05) is 36.9 Å². The average molecular weight is 282 g/mol. The number of hydrogen-bond acceptors (Lipinski definition) is 2. The van der Waals surface area contributed by atoms with Crippen LogP contribution in [0.2, 0.25) is 5.02 Å². The molecule has 3 nitrogen and oxygen atoms in total. The third kappa shape index (κ3) is 3.71. The molecule has 2 N–H and O–H groups in total. The Labute approximate surface area is 119 Å². The smallest absolute Gasteiger partial charge is 0.253 e. The zero-order chi connectivity index (χ0) is 13.8. The molecule has 0 radical (unpaired) electrons. The number of aryl methyl sites for hydroxylation is 1. The van der Waals surface area contributed by atoms with Crippen LogP contribution in [0.4, 0.5) is 0 Å². The Balaban J connectivity index is 2.07. The van der Waals surface area contributed by atoms with E-state index in [0.29, 0.717) is 10.6 Å². The number of benzene rings is 1. The fourth-order valence-corrected chi connectivity index (χ4v) is 2.83. The van der Waals surface area contributed by atoms with Gasteiger partial charge in [-0.05, 0) is 37.5 Å². The molecule has 2 rings (SSSR count). The minimum absolute atomic E-state index is 0.160. The number of rotatable bonds is 2. The SMILES string of the molecule is Cc1ccc(C(=O)NC2CCCCCC2O)c(Cl)c1. The summed E-state index contributed by atoms with van der Waals surface area (Å²) in [5, 5.41) is 13.4. The van der Waals surface area contributed by atoms with Gasteiger partial charge >= 0.3 is 0 Å². The average Bonchev–Trinajstić information content (AvgIpc) is 2.55. The molecule has 1 aromatic carbocycles. The normalized spacial score (nSPS) is 23.7. The first-order valence-electron chi connectivity index (χ1n) is 6.83. The number of hydrogen-bond donors (Lipinski definition) is 2.